The molecular weight excluding hydrogens is 290 g/mol. The average Bonchev–Trinajstić information content (AvgIpc) is 3.14. The summed E-state index contributed by atoms with van der Waals surface area (Å²) in [6, 6.07) is 8.25. The van der Waals surface area contributed by atoms with Crippen LogP contribution < -0.4 is 0 Å². The zero-order valence-corrected chi connectivity index (χ0v) is 12.3. The molecule has 2 aromatic rings. The van der Waals surface area contributed by atoms with Gasteiger partial charge in [-0.15, -0.1) is 11.3 Å². The molecule has 3 aliphatic rings. The maximum absolute atomic E-state index is 11.8. The van der Waals surface area contributed by atoms with Crippen LogP contribution in [0, 0.1) is 17.8 Å². The van der Waals surface area contributed by atoms with E-state index >= 15 is 0 Å². The summed E-state index contributed by atoms with van der Waals surface area (Å²) in [6.07, 6.45) is 2.34. The van der Waals surface area contributed by atoms with Crippen LogP contribution in [0.4, 0.5) is 0 Å². The van der Waals surface area contributed by atoms with Crippen molar-refractivity contribution in [3.05, 3.63) is 24.3 Å². The maximum atomic E-state index is 11.8. The lowest BCUT2D eigenvalue weighted by molar-refractivity contribution is -0.143. The molecule has 3 fully saturated rings. The quantitative estimate of drug-likeness (QED) is 0.798. The van der Waals surface area contributed by atoms with E-state index in [1.807, 2.05) is 17.8 Å². The van der Waals surface area contributed by atoms with Gasteiger partial charge in [0.05, 0.1) is 21.4 Å². The van der Waals surface area contributed by atoms with Gasteiger partial charge in [0, 0.05) is 5.92 Å². The Morgan fingerprint density at radius 1 is 1.30 bits per heavy atom. The third-order valence-corrected chi connectivity index (χ3v) is 7.51. The Kier molecular flexibility index (Phi) is 2.30. The summed E-state index contributed by atoms with van der Waals surface area (Å²) < 4.78 is 7.96. The van der Waals surface area contributed by atoms with Gasteiger partial charge in [-0.1, -0.05) is 23.9 Å². The Morgan fingerprint density at radius 3 is 3.10 bits per heavy atom. The number of carbonyl (C=O) groups excluding carboxylic acids is 1. The van der Waals surface area contributed by atoms with Crippen LogP contribution in [0.15, 0.2) is 28.6 Å². The van der Waals surface area contributed by atoms with E-state index in [9.17, 15) is 4.79 Å². The number of carbonyl (C=O) groups is 1. The Morgan fingerprint density at radius 2 is 2.20 bits per heavy atom. The topological polar surface area (TPSA) is 39.2 Å². The number of hydrogen-bond acceptors (Lipinski definition) is 5. The number of nitrogens with zero attached hydrogens (tertiary/aromatic N) is 1. The first-order chi connectivity index (χ1) is 9.79. The van der Waals surface area contributed by atoms with Gasteiger partial charge in [-0.2, -0.15) is 0 Å². The van der Waals surface area contributed by atoms with Gasteiger partial charge >= 0.3 is 5.97 Å². The Balaban J connectivity index is 1.46. The van der Waals surface area contributed by atoms with E-state index in [1.165, 1.54) is 11.1 Å². The molecule has 1 aliphatic heterocycles. The molecule has 3 nitrogen and oxygen atoms in total. The number of para-hydroxylation sites is 1. The predicted molar refractivity (Wildman–Crippen MR) is 78.8 cm³/mol. The predicted octanol–water partition coefficient (Wildman–Crippen LogP) is 3.34. The number of aromatic nitrogens is 1. The number of thioether (sulfide) groups is 1. The van der Waals surface area contributed by atoms with E-state index in [-0.39, 0.29) is 18.0 Å². The first-order valence-electron chi connectivity index (χ1n) is 7.02. The molecular formula is C15H13NO2S2. The van der Waals surface area contributed by atoms with E-state index in [1.54, 1.807) is 11.3 Å². The standard InChI is InChI=1S/C15H13NO2S2/c17-14-9-6-7-5-8(9)12(18-14)13(7)20-15-16-10-3-1-2-4-11(10)19-15/h1-4,7-9,12-13H,5-6H2/t7-,8+,9+,12-,13-/m0/s1. The van der Waals surface area contributed by atoms with Crippen molar-refractivity contribution in [2.24, 2.45) is 17.8 Å². The molecule has 0 unspecified atom stereocenters. The van der Waals surface area contributed by atoms with Gasteiger partial charge < -0.3 is 4.74 Å². The van der Waals surface area contributed by atoms with E-state index in [0.717, 1.165) is 16.3 Å². The van der Waals surface area contributed by atoms with Gasteiger partial charge in [-0.3, -0.25) is 4.79 Å². The highest BCUT2D eigenvalue weighted by Crippen LogP contribution is 2.59. The molecule has 5 atom stereocenters. The molecule has 5 heteroatoms. The van der Waals surface area contributed by atoms with Gasteiger partial charge in [-0.25, -0.2) is 4.98 Å². The summed E-state index contributed by atoms with van der Waals surface area (Å²) in [7, 11) is 0. The van der Waals surface area contributed by atoms with Crippen LogP contribution in [0.5, 0.6) is 0 Å². The SMILES string of the molecule is O=C1O[C@H]2[C@@H]3C[C@@H](C[C@@H]13)[C@@H]2Sc1nc2ccccc2s1. The van der Waals surface area contributed by atoms with Crippen molar-refractivity contribution >= 4 is 39.3 Å². The Bertz CT molecular complexity index is 680. The third kappa shape index (κ3) is 1.48. The van der Waals surface area contributed by atoms with Crippen molar-refractivity contribution in [1.82, 2.24) is 4.98 Å². The van der Waals surface area contributed by atoms with E-state index in [2.05, 4.69) is 18.2 Å². The van der Waals surface area contributed by atoms with Crippen molar-refractivity contribution in [3.63, 3.8) is 0 Å². The Hall–Kier alpha value is -1.07. The molecule has 0 radical (unpaired) electrons. The first-order valence-corrected chi connectivity index (χ1v) is 8.72. The minimum absolute atomic E-state index is 0.0508. The van der Waals surface area contributed by atoms with Crippen LogP contribution in [0.1, 0.15) is 12.8 Å². The van der Waals surface area contributed by atoms with Gasteiger partial charge in [0.1, 0.15) is 6.10 Å². The highest BCUT2D eigenvalue weighted by Gasteiger charge is 2.62. The number of ether oxygens (including phenoxy) is 1. The van der Waals surface area contributed by atoms with E-state index < -0.39 is 0 Å². The molecule has 1 saturated heterocycles. The molecule has 5 rings (SSSR count). The monoisotopic (exact) mass is 303 g/mol. The van der Waals surface area contributed by atoms with Crippen LogP contribution >= 0.6 is 23.1 Å². The summed E-state index contributed by atoms with van der Waals surface area (Å²) in [5.74, 6) is 1.38. The van der Waals surface area contributed by atoms with E-state index in [4.69, 9.17) is 9.72 Å². The minimum Gasteiger partial charge on any atom is -0.461 e. The highest BCUT2D eigenvalue weighted by atomic mass is 32.2. The molecule has 0 amide bonds. The van der Waals surface area contributed by atoms with Crippen molar-refractivity contribution in [3.8, 4) is 0 Å². The third-order valence-electron chi connectivity index (χ3n) is 4.92. The summed E-state index contributed by atoms with van der Waals surface area (Å²) >= 11 is 3.58. The number of benzene rings is 1. The Labute approximate surface area is 124 Å². The lowest BCUT2D eigenvalue weighted by Crippen LogP contribution is -2.29. The molecule has 1 aromatic heterocycles. The molecule has 2 saturated carbocycles. The van der Waals surface area contributed by atoms with Crippen LogP contribution in [0.2, 0.25) is 0 Å². The van der Waals surface area contributed by atoms with Gasteiger partial charge in [0.25, 0.3) is 0 Å². The average molecular weight is 303 g/mol. The summed E-state index contributed by atoms with van der Waals surface area (Å²) in [5.41, 5.74) is 1.07. The molecule has 20 heavy (non-hydrogen) atoms. The summed E-state index contributed by atoms with van der Waals surface area (Å²) in [5, 5.41) is 0.420. The van der Waals surface area contributed by atoms with Gasteiger partial charge in [0.2, 0.25) is 0 Å². The van der Waals surface area contributed by atoms with Crippen LogP contribution in [-0.2, 0) is 9.53 Å². The van der Waals surface area contributed by atoms with E-state index in [0.29, 0.717) is 17.1 Å². The summed E-state index contributed by atoms with van der Waals surface area (Å²) in [6.45, 7) is 0. The fourth-order valence-corrected chi connectivity index (χ4v) is 6.76. The molecule has 2 bridgehead atoms. The second kappa shape index (κ2) is 3.98. The molecule has 102 valence electrons. The fraction of sp³-hybridized carbons (Fsp3) is 0.467. The zero-order chi connectivity index (χ0) is 13.3. The number of thiazole rings is 1. The van der Waals surface area contributed by atoms with Crippen molar-refractivity contribution in [1.29, 1.82) is 0 Å². The van der Waals surface area contributed by atoms with Gasteiger partial charge in [-0.05, 0) is 30.9 Å². The van der Waals surface area contributed by atoms with Crippen LogP contribution in [0.25, 0.3) is 10.2 Å². The molecule has 0 spiro atoms. The number of rotatable bonds is 2. The largest absolute Gasteiger partial charge is 0.461 e. The lowest BCUT2D eigenvalue weighted by Gasteiger charge is -2.23. The minimum atomic E-state index is 0.0508. The number of esters is 1. The molecule has 2 heterocycles. The first kappa shape index (κ1) is 11.6. The number of fused-ring (bicyclic) bond motifs is 2. The second-order valence-electron chi connectivity index (χ2n) is 5.93. The maximum Gasteiger partial charge on any atom is 0.309 e. The molecule has 1 aromatic carbocycles. The van der Waals surface area contributed by atoms with Gasteiger partial charge in [0.15, 0.2) is 4.34 Å². The highest BCUT2D eigenvalue weighted by molar-refractivity contribution is 8.01. The van der Waals surface area contributed by atoms with Crippen molar-refractivity contribution < 1.29 is 9.53 Å². The number of hydrogen-bond donors (Lipinski definition) is 0. The lowest BCUT2D eigenvalue weighted by atomic mass is 9.90. The van der Waals surface area contributed by atoms with Crippen molar-refractivity contribution in [2.45, 2.75) is 28.5 Å². The normalized spacial score (nSPS) is 37.8. The van der Waals surface area contributed by atoms with Crippen LogP contribution in [0.3, 0.4) is 0 Å². The smallest absolute Gasteiger partial charge is 0.309 e. The van der Waals surface area contributed by atoms with Crippen LogP contribution in [-0.4, -0.2) is 22.3 Å². The second-order valence-corrected chi connectivity index (χ2v) is 8.39. The van der Waals surface area contributed by atoms with Crippen molar-refractivity contribution in [2.75, 3.05) is 0 Å². The summed E-state index contributed by atoms with van der Waals surface area (Å²) in [4.78, 5) is 16.5. The fourth-order valence-electron chi connectivity index (χ4n) is 4.08. The molecule has 0 N–H and O–H groups in total. The molecule has 2 aliphatic carbocycles. The zero-order valence-electron chi connectivity index (χ0n) is 10.7.